The number of benzene rings is 1. The summed E-state index contributed by atoms with van der Waals surface area (Å²) in [7, 11) is -1.31. The van der Waals surface area contributed by atoms with Crippen molar-refractivity contribution in [1.82, 2.24) is 0 Å². The Morgan fingerprint density at radius 3 is 2.67 bits per heavy atom. The van der Waals surface area contributed by atoms with Gasteiger partial charge in [0.1, 0.15) is 0 Å². The first kappa shape index (κ1) is 15.5. The van der Waals surface area contributed by atoms with Crippen LogP contribution in [0.3, 0.4) is 0 Å². The number of non-ortho nitro benzene ring substituents is 1. The van der Waals surface area contributed by atoms with Crippen LogP contribution in [0.4, 0.5) is 5.69 Å². The Morgan fingerprint density at radius 1 is 1.25 bits per heavy atom. The summed E-state index contributed by atoms with van der Waals surface area (Å²) in [6.07, 6.45) is 1.69. The summed E-state index contributed by atoms with van der Waals surface area (Å²) in [5, 5.41) is 11.1. The molecule has 3 aliphatic rings. The minimum absolute atomic E-state index is 0.0511. The number of carbonyl (C=O) groups is 1. The summed E-state index contributed by atoms with van der Waals surface area (Å²) < 4.78 is 23.5. The summed E-state index contributed by atoms with van der Waals surface area (Å²) in [6.45, 7) is 0. The molecule has 4 rings (SSSR count). The number of fused-ring (bicyclic) bond motifs is 4. The molecule has 0 N–H and O–H groups in total. The fraction of sp³-hybridized carbons (Fsp3) is 0.400. The van der Waals surface area contributed by atoms with Gasteiger partial charge in [-0.25, -0.2) is 0 Å². The number of allylic oxidation sites excluding steroid dienone is 2. The van der Waals surface area contributed by atoms with E-state index in [4.69, 9.17) is 18.1 Å². The van der Waals surface area contributed by atoms with E-state index in [1.165, 1.54) is 32.4 Å². The van der Waals surface area contributed by atoms with Crippen LogP contribution >= 0.6 is 7.51 Å². The molecule has 1 unspecified atom stereocenters. The van der Waals surface area contributed by atoms with Gasteiger partial charge in [-0.05, 0) is 0 Å². The number of Topliss-reactive ketones (excluding diaryl/α,β-unsaturated/α-hetero) is 1. The Bertz CT molecular complexity index is 814. The quantitative estimate of drug-likeness (QED) is 0.465. The first-order valence-electron chi connectivity index (χ1n) is 7.53. The van der Waals surface area contributed by atoms with E-state index in [-0.39, 0.29) is 11.5 Å². The third kappa shape index (κ3) is 1.70. The standard InChI is InChI=1S/C15H16NO7P/c1-20-24(21-2)15(14-11(17)4-3-5-13(14)23-24)10-8-9(16(18)19)6-7-12(10)22-24/h6-8,15H,3-5H2,1-2H3. The van der Waals surface area contributed by atoms with Gasteiger partial charge in [0.05, 0.1) is 0 Å². The summed E-state index contributed by atoms with van der Waals surface area (Å²) in [5.41, 5.74) is 0.191. The van der Waals surface area contributed by atoms with Crippen molar-refractivity contribution in [3.05, 3.63) is 45.2 Å². The summed E-state index contributed by atoms with van der Waals surface area (Å²) in [6, 6.07) is 4.25. The minimum atomic E-state index is -4.14. The van der Waals surface area contributed by atoms with Crippen LogP contribution in [0.25, 0.3) is 0 Å². The fourth-order valence-electron chi connectivity index (χ4n) is 3.71. The van der Waals surface area contributed by atoms with Gasteiger partial charge < -0.3 is 0 Å². The molecule has 24 heavy (non-hydrogen) atoms. The van der Waals surface area contributed by atoms with Crippen LogP contribution in [-0.2, 0) is 18.4 Å². The van der Waals surface area contributed by atoms with Crippen LogP contribution in [0.5, 0.6) is 5.75 Å². The van der Waals surface area contributed by atoms with Gasteiger partial charge >= 0.3 is 137 Å². The van der Waals surface area contributed by atoms with Gasteiger partial charge in [-0.2, -0.15) is 0 Å². The zero-order chi connectivity index (χ0) is 17.1. The molecule has 0 spiro atoms. The monoisotopic (exact) mass is 353 g/mol. The van der Waals surface area contributed by atoms with E-state index in [2.05, 4.69) is 0 Å². The van der Waals surface area contributed by atoms with E-state index in [9.17, 15) is 14.9 Å². The molecule has 0 aromatic heterocycles. The van der Waals surface area contributed by atoms with Gasteiger partial charge in [0.15, 0.2) is 0 Å². The molecule has 9 heteroatoms. The maximum absolute atomic E-state index is 12.5. The second-order valence-corrected chi connectivity index (χ2v) is 9.26. The van der Waals surface area contributed by atoms with Crippen LogP contribution in [0.2, 0.25) is 0 Å². The molecule has 0 bridgehead atoms. The van der Waals surface area contributed by atoms with E-state index in [0.29, 0.717) is 41.9 Å². The van der Waals surface area contributed by atoms with Crippen LogP contribution in [-0.4, -0.2) is 24.9 Å². The van der Waals surface area contributed by atoms with Crippen LogP contribution < -0.4 is 4.52 Å². The molecular weight excluding hydrogens is 337 g/mol. The maximum atomic E-state index is 12.5. The number of nitro groups is 1. The molecule has 1 aromatic carbocycles. The molecule has 2 heterocycles. The third-order valence-corrected chi connectivity index (χ3v) is 8.57. The molecule has 1 aromatic rings. The van der Waals surface area contributed by atoms with Gasteiger partial charge in [0, 0.05) is 0 Å². The average Bonchev–Trinajstić information content (AvgIpc) is 3.02. The number of ketones is 1. The van der Waals surface area contributed by atoms with E-state index in [0.717, 1.165) is 0 Å². The molecule has 8 nitrogen and oxygen atoms in total. The SMILES string of the molecule is COP12(OC)OC3=C(C(=O)CCC3)C1c1cc([N+](=O)[O-])ccc1O2. The summed E-state index contributed by atoms with van der Waals surface area (Å²) in [5.74, 6) is 0.858. The Labute approximate surface area is 137 Å². The van der Waals surface area contributed by atoms with Crippen molar-refractivity contribution in [2.24, 2.45) is 0 Å². The van der Waals surface area contributed by atoms with Crippen molar-refractivity contribution >= 4 is 19.0 Å². The van der Waals surface area contributed by atoms with Gasteiger partial charge in [0.25, 0.3) is 0 Å². The number of nitro benzene ring substituents is 1. The second kappa shape index (κ2) is 4.75. The normalized spacial score (nSPS) is 27.2. The molecule has 0 saturated heterocycles. The van der Waals surface area contributed by atoms with Gasteiger partial charge in [-0.1, -0.05) is 0 Å². The second-order valence-electron chi connectivity index (χ2n) is 5.91. The van der Waals surface area contributed by atoms with E-state index < -0.39 is 18.1 Å². The van der Waals surface area contributed by atoms with Gasteiger partial charge in [-0.3, -0.25) is 0 Å². The first-order chi connectivity index (χ1) is 11.4. The third-order valence-electron chi connectivity index (χ3n) is 4.80. The van der Waals surface area contributed by atoms with Crippen molar-refractivity contribution in [3.8, 4) is 5.75 Å². The van der Waals surface area contributed by atoms with Gasteiger partial charge in [-0.15, -0.1) is 0 Å². The fourth-order valence-corrected chi connectivity index (χ4v) is 7.30. The zero-order valence-electron chi connectivity index (χ0n) is 13.2. The van der Waals surface area contributed by atoms with Crippen molar-refractivity contribution in [1.29, 1.82) is 0 Å². The Balaban J connectivity index is 1.98. The van der Waals surface area contributed by atoms with Crippen LogP contribution in [0.1, 0.15) is 30.5 Å². The Kier molecular flexibility index (Phi) is 3.07. The van der Waals surface area contributed by atoms with Crippen molar-refractivity contribution in [2.75, 3.05) is 14.2 Å². The molecule has 0 saturated carbocycles. The predicted octanol–water partition coefficient (Wildman–Crippen LogP) is 3.57. The number of hydrogen-bond donors (Lipinski definition) is 0. The molecular formula is C15H16NO7P. The van der Waals surface area contributed by atoms with E-state index in [1.807, 2.05) is 0 Å². The number of rotatable bonds is 3. The van der Waals surface area contributed by atoms with Gasteiger partial charge in [0.2, 0.25) is 0 Å². The topological polar surface area (TPSA) is 97.1 Å². The molecule has 128 valence electrons. The molecule has 0 fully saturated rings. The molecule has 1 aliphatic carbocycles. The number of carbonyl (C=O) groups excluding carboxylic acids is 1. The number of hydrogen-bond acceptors (Lipinski definition) is 7. The molecule has 0 amide bonds. The van der Waals surface area contributed by atoms with Crippen molar-refractivity contribution in [2.45, 2.75) is 24.9 Å². The first-order valence-corrected chi connectivity index (χ1v) is 9.51. The molecule has 0 radical (unpaired) electrons. The van der Waals surface area contributed by atoms with E-state index in [1.54, 1.807) is 0 Å². The van der Waals surface area contributed by atoms with Crippen LogP contribution in [0, 0.1) is 10.1 Å². The zero-order valence-corrected chi connectivity index (χ0v) is 14.1. The average molecular weight is 353 g/mol. The number of nitrogens with zero attached hydrogens (tertiary/aromatic N) is 1. The van der Waals surface area contributed by atoms with Crippen LogP contribution in [0.15, 0.2) is 29.5 Å². The summed E-state index contributed by atoms with van der Waals surface area (Å²) >= 11 is 0. The summed E-state index contributed by atoms with van der Waals surface area (Å²) in [4.78, 5) is 23.2. The predicted molar refractivity (Wildman–Crippen MR) is 84.4 cm³/mol. The van der Waals surface area contributed by atoms with Crippen molar-refractivity contribution < 1.29 is 27.8 Å². The molecule has 1 atom stereocenters. The Morgan fingerprint density at radius 2 is 2.00 bits per heavy atom. The Hall–Kier alpha value is -2.02. The molecule has 2 aliphatic heterocycles. The van der Waals surface area contributed by atoms with E-state index >= 15 is 0 Å². The van der Waals surface area contributed by atoms with Crippen molar-refractivity contribution in [3.63, 3.8) is 0 Å².